The monoisotopic (exact) mass is 554 g/mol. The minimum atomic E-state index is -0.129. The minimum Gasteiger partial charge on any atom is -0.425 e. The summed E-state index contributed by atoms with van der Waals surface area (Å²) in [7, 11) is 0. The average Bonchev–Trinajstić information content (AvgIpc) is 3.53. The Labute approximate surface area is 251 Å². The van der Waals surface area contributed by atoms with Crippen LogP contribution in [0.4, 0.5) is 0 Å². The predicted octanol–water partition coefficient (Wildman–Crippen LogP) is 11.2. The Hall–Kier alpha value is -2.53. The number of hydrogen-bond acceptors (Lipinski definition) is 2. The van der Waals surface area contributed by atoms with Gasteiger partial charge in [-0.3, -0.25) is 4.79 Å². The number of esters is 1. The van der Waals surface area contributed by atoms with Crippen LogP contribution in [0.15, 0.2) is 48.5 Å². The van der Waals surface area contributed by atoms with E-state index in [2.05, 4.69) is 30.9 Å². The van der Waals surface area contributed by atoms with Crippen LogP contribution >= 0.6 is 0 Å². The zero-order chi connectivity index (χ0) is 28.5. The smallest absolute Gasteiger partial charge is 0.311 e. The van der Waals surface area contributed by atoms with Crippen LogP contribution < -0.4 is 4.74 Å². The molecule has 0 radical (unpaired) electrons. The molecule has 0 spiro atoms. The molecule has 2 aliphatic carbocycles. The molecule has 2 saturated carbocycles. The lowest BCUT2D eigenvalue weighted by Crippen LogP contribution is -2.14. The molecule has 0 heterocycles. The second-order valence-corrected chi connectivity index (χ2v) is 12.9. The third-order valence-corrected chi connectivity index (χ3v) is 9.59. The summed E-state index contributed by atoms with van der Waals surface area (Å²) in [5, 5.41) is 0. The maximum Gasteiger partial charge on any atom is 0.311 e. The van der Waals surface area contributed by atoms with Crippen LogP contribution in [0.25, 0.3) is 0 Å². The van der Waals surface area contributed by atoms with Crippen LogP contribution in [0.3, 0.4) is 0 Å². The standard InChI is InChI=1S/C39H54O2/c1-2-3-4-5-9-19-34-23-26-35(27-24-34)36-29-30-38(37(31-36)28-25-33-17-11-8-12-18-33)41-39(40)22-13-7-6-10-16-32-20-14-15-21-32/h8,11-12,17-18,29-32,34-35H,2-7,9-10,13-16,19-24,26-27H2,1H3. The van der Waals surface area contributed by atoms with Crippen molar-refractivity contribution in [3.05, 3.63) is 65.2 Å². The van der Waals surface area contributed by atoms with E-state index in [9.17, 15) is 4.79 Å². The highest BCUT2D eigenvalue weighted by Gasteiger charge is 2.23. The van der Waals surface area contributed by atoms with Gasteiger partial charge in [-0.25, -0.2) is 0 Å². The van der Waals surface area contributed by atoms with Gasteiger partial charge in [-0.05, 0) is 79.7 Å². The summed E-state index contributed by atoms with van der Waals surface area (Å²) >= 11 is 0. The first-order valence-corrected chi connectivity index (χ1v) is 17.1. The molecule has 0 N–H and O–H groups in total. The zero-order valence-corrected chi connectivity index (χ0v) is 25.8. The van der Waals surface area contributed by atoms with E-state index in [0.717, 1.165) is 35.8 Å². The zero-order valence-electron chi connectivity index (χ0n) is 25.8. The van der Waals surface area contributed by atoms with Gasteiger partial charge in [0.25, 0.3) is 0 Å². The van der Waals surface area contributed by atoms with E-state index in [0.29, 0.717) is 18.1 Å². The van der Waals surface area contributed by atoms with Crippen molar-refractivity contribution in [1.82, 2.24) is 0 Å². The van der Waals surface area contributed by atoms with Gasteiger partial charge < -0.3 is 4.74 Å². The van der Waals surface area contributed by atoms with Gasteiger partial charge in [-0.2, -0.15) is 0 Å². The van der Waals surface area contributed by atoms with Gasteiger partial charge in [0, 0.05) is 12.0 Å². The van der Waals surface area contributed by atoms with Gasteiger partial charge in [0.1, 0.15) is 5.75 Å². The first-order valence-electron chi connectivity index (χ1n) is 17.1. The van der Waals surface area contributed by atoms with Crippen LogP contribution in [-0.2, 0) is 4.79 Å². The Balaban J connectivity index is 1.29. The Morgan fingerprint density at radius 1 is 0.732 bits per heavy atom. The molecule has 2 aromatic carbocycles. The number of carbonyl (C=O) groups is 1. The van der Waals surface area contributed by atoms with E-state index in [1.54, 1.807) is 0 Å². The lowest BCUT2D eigenvalue weighted by Gasteiger charge is -2.29. The highest BCUT2D eigenvalue weighted by molar-refractivity contribution is 5.73. The summed E-state index contributed by atoms with van der Waals surface area (Å²) in [4.78, 5) is 12.8. The molecule has 2 aliphatic rings. The molecule has 0 aromatic heterocycles. The van der Waals surface area contributed by atoms with Gasteiger partial charge in [0.15, 0.2) is 0 Å². The summed E-state index contributed by atoms with van der Waals surface area (Å²) < 4.78 is 5.91. The fourth-order valence-electron chi connectivity index (χ4n) is 7.00. The van der Waals surface area contributed by atoms with Crippen molar-refractivity contribution >= 4 is 5.97 Å². The molecule has 0 bridgehead atoms. The molecule has 0 saturated heterocycles. The Bertz CT molecular complexity index is 1080. The summed E-state index contributed by atoms with van der Waals surface area (Å²) in [6, 6.07) is 16.5. The number of carbonyl (C=O) groups excluding carboxylic acids is 1. The molecule has 2 fully saturated rings. The summed E-state index contributed by atoms with van der Waals surface area (Å²) in [6.07, 6.45) is 25.6. The lowest BCUT2D eigenvalue weighted by molar-refractivity contribution is -0.134. The van der Waals surface area contributed by atoms with Gasteiger partial charge in [-0.1, -0.05) is 133 Å². The molecule has 4 rings (SSSR count). The third kappa shape index (κ3) is 11.3. The molecule has 0 amide bonds. The van der Waals surface area contributed by atoms with E-state index >= 15 is 0 Å². The van der Waals surface area contributed by atoms with Crippen molar-refractivity contribution in [2.24, 2.45) is 11.8 Å². The number of ether oxygens (including phenoxy) is 1. The Morgan fingerprint density at radius 3 is 2.10 bits per heavy atom. The van der Waals surface area contributed by atoms with Gasteiger partial charge in [0.05, 0.1) is 5.56 Å². The highest BCUT2D eigenvalue weighted by atomic mass is 16.5. The number of unbranched alkanes of at least 4 members (excludes halogenated alkanes) is 7. The van der Waals surface area contributed by atoms with Crippen molar-refractivity contribution in [3.8, 4) is 17.6 Å². The van der Waals surface area contributed by atoms with E-state index in [1.807, 2.05) is 36.4 Å². The van der Waals surface area contributed by atoms with Gasteiger partial charge >= 0.3 is 5.97 Å². The minimum absolute atomic E-state index is 0.129. The van der Waals surface area contributed by atoms with Crippen LogP contribution in [0.2, 0.25) is 0 Å². The summed E-state index contributed by atoms with van der Waals surface area (Å²) in [6.45, 7) is 2.29. The van der Waals surface area contributed by atoms with Gasteiger partial charge in [0.2, 0.25) is 0 Å². The maximum atomic E-state index is 12.8. The second-order valence-electron chi connectivity index (χ2n) is 12.9. The SMILES string of the molecule is CCCCCCCC1CCC(c2ccc(OC(=O)CCCCCCC3CCCC3)c(C#Cc3ccccc3)c2)CC1. The van der Waals surface area contributed by atoms with E-state index in [1.165, 1.54) is 115 Å². The number of benzene rings is 2. The predicted molar refractivity (Wildman–Crippen MR) is 172 cm³/mol. The molecule has 0 atom stereocenters. The lowest BCUT2D eigenvalue weighted by atomic mass is 9.77. The van der Waals surface area contributed by atoms with Gasteiger partial charge in [-0.15, -0.1) is 0 Å². The molecule has 2 aromatic rings. The van der Waals surface area contributed by atoms with Crippen LogP contribution in [0.1, 0.15) is 158 Å². The molecule has 2 heteroatoms. The van der Waals surface area contributed by atoms with Crippen molar-refractivity contribution in [2.75, 3.05) is 0 Å². The van der Waals surface area contributed by atoms with E-state index < -0.39 is 0 Å². The molecular weight excluding hydrogens is 500 g/mol. The topological polar surface area (TPSA) is 26.3 Å². The molecule has 2 nitrogen and oxygen atoms in total. The average molecular weight is 555 g/mol. The molecule has 0 aliphatic heterocycles. The number of hydrogen-bond donors (Lipinski definition) is 0. The maximum absolute atomic E-state index is 12.8. The quantitative estimate of drug-likeness (QED) is 0.0947. The van der Waals surface area contributed by atoms with Crippen molar-refractivity contribution in [1.29, 1.82) is 0 Å². The Kier molecular flexibility index (Phi) is 13.9. The fraction of sp³-hybridized carbons (Fsp3) is 0.615. The fourth-order valence-corrected chi connectivity index (χ4v) is 7.00. The summed E-state index contributed by atoms with van der Waals surface area (Å²) in [5.41, 5.74) is 3.17. The first kappa shape index (κ1) is 31.4. The normalized spacial score (nSPS) is 19.0. The van der Waals surface area contributed by atoms with Crippen molar-refractivity contribution < 1.29 is 9.53 Å². The largest absolute Gasteiger partial charge is 0.425 e. The summed E-state index contributed by atoms with van der Waals surface area (Å²) in [5.74, 6) is 9.58. The molecule has 0 unspecified atom stereocenters. The van der Waals surface area contributed by atoms with E-state index in [-0.39, 0.29) is 5.97 Å². The third-order valence-electron chi connectivity index (χ3n) is 9.59. The highest BCUT2D eigenvalue weighted by Crippen LogP contribution is 2.39. The van der Waals surface area contributed by atoms with Crippen LogP contribution in [-0.4, -0.2) is 5.97 Å². The molecular formula is C39H54O2. The van der Waals surface area contributed by atoms with Crippen molar-refractivity contribution in [3.63, 3.8) is 0 Å². The van der Waals surface area contributed by atoms with Crippen LogP contribution in [0.5, 0.6) is 5.75 Å². The molecule has 41 heavy (non-hydrogen) atoms. The van der Waals surface area contributed by atoms with Crippen molar-refractivity contribution in [2.45, 2.75) is 141 Å². The first-order chi connectivity index (χ1) is 20.2. The molecule has 222 valence electrons. The second kappa shape index (κ2) is 18.1. The van der Waals surface area contributed by atoms with Crippen LogP contribution in [0, 0.1) is 23.7 Å². The Morgan fingerprint density at radius 2 is 1.39 bits per heavy atom. The number of rotatable bonds is 15. The van der Waals surface area contributed by atoms with E-state index in [4.69, 9.17) is 4.74 Å².